The molecule has 0 bridgehead atoms. The first-order valence-corrected chi connectivity index (χ1v) is 9.16. The number of benzene rings is 1. The Hall–Kier alpha value is -2.14. The van der Waals surface area contributed by atoms with Crippen molar-refractivity contribution in [3.05, 3.63) is 48.0 Å². The number of carbonyl (C=O) groups excluding carboxylic acids is 1. The van der Waals surface area contributed by atoms with Crippen LogP contribution >= 0.6 is 0 Å². The van der Waals surface area contributed by atoms with Crippen LogP contribution in [0.1, 0.15) is 30.7 Å². The highest BCUT2D eigenvalue weighted by atomic mass is 16.1. The summed E-state index contributed by atoms with van der Waals surface area (Å²) in [7, 11) is 2.05. The van der Waals surface area contributed by atoms with Crippen LogP contribution in [0.2, 0.25) is 0 Å². The lowest BCUT2D eigenvalue weighted by molar-refractivity contribution is -0.116. The van der Waals surface area contributed by atoms with E-state index < -0.39 is 0 Å². The molecular formula is C20H28N4O. The van der Waals surface area contributed by atoms with Crippen LogP contribution in [0.25, 0.3) is 0 Å². The fourth-order valence-electron chi connectivity index (χ4n) is 3.56. The number of imidazole rings is 1. The molecule has 0 aliphatic carbocycles. The summed E-state index contributed by atoms with van der Waals surface area (Å²) in [5.41, 5.74) is 2.02. The zero-order valence-corrected chi connectivity index (χ0v) is 15.2. The van der Waals surface area contributed by atoms with E-state index in [1.54, 1.807) is 0 Å². The minimum Gasteiger partial charge on any atom is -0.338 e. The van der Waals surface area contributed by atoms with Gasteiger partial charge in [-0.2, -0.15) is 0 Å². The molecule has 1 atom stereocenters. The summed E-state index contributed by atoms with van der Waals surface area (Å²) in [4.78, 5) is 19.1. The van der Waals surface area contributed by atoms with Crippen molar-refractivity contribution in [1.82, 2.24) is 14.5 Å². The molecule has 2 heterocycles. The molecule has 0 radical (unpaired) electrons. The van der Waals surface area contributed by atoms with Gasteiger partial charge in [-0.25, -0.2) is 4.98 Å². The van der Waals surface area contributed by atoms with E-state index in [1.807, 2.05) is 43.6 Å². The maximum atomic E-state index is 12.2. The topological polar surface area (TPSA) is 50.2 Å². The van der Waals surface area contributed by atoms with Crippen LogP contribution in [-0.2, 0) is 18.3 Å². The highest BCUT2D eigenvalue weighted by Crippen LogP contribution is 2.20. The van der Waals surface area contributed by atoms with Gasteiger partial charge in [-0.1, -0.05) is 18.2 Å². The average molecular weight is 340 g/mol. The minimum atomic E-state index is 0.0977. The van der Waals surface area contributed by atoms with Crippen molar-refractivity contribution in [2.45, 2.75) is 32.6 Å². The maximum Gasteiger partial charge on any atom is 0.225 e. The lowest BCUT2D eigenvalue weighted by Gasteiger charge is -2.32. The number of hydrogen-bond donors (Lipinski definition) is 1. The van der Waals surface area contributed by atoms with Gasteiger partial charge in [0.05, 0.1) is 0 Å². The number of carbonyl (C=O) groups is 1. The van der Waals surface area contributed by atoms with E-state index in [0.717, 1.165) is 43.1 Å². The number of rotatable bonds is 6. The maximum absolute atomic E-state index is 12.2. The summed E-state index contributed by atoms with van der Waals surface area (Å²) < 4.78 is 2.11. The smallest absolute Gasteiger partial charge is 0.225 e. The standard InChI is InChI=1S/C20H28N4O/c1-16-6-3-4-8-18(16)22-20(25)9-12-24-11-5-7-17(15-24)14-19-21-10-13-23(19)2/h3-4,6,8,10,13,17H,5,7,9,11-12,14-15H2,1-2H3,(H,22,25). The molecule has 134 valence electrons. The van der Waals surface area contributed by atoms with E-state index in [9.17, 15) is 4.79 Å². The number of aryl methyl sites for hydroxylation is 2. The molecule has 0 saturated carbocycles. The Morgan fingerprint density at radius 2 is 2.20 bits per heavy atom. The number of amides is 1. The molecule has 5 nitrogen and oxygen atoms in total. The predicted molar refractivity (Wildman–Crippen MR) is 101 cm³/mol. The molecule has 1 aromatic carbocycles. The highest BCUT2D eigenvalue weighted by molar-refractivity contribution is 5.91. The molecule has 1 aliphatic heterocycles. The molecular weight excluding hydrogens is 312 g/mol. The van der Waals surface area contributed by atoms with Crippen molar-refractivity contribution in [2.24, 2.45) is 13.0 Å². The molecule has 5 heteroatoms. The first-order chi connectivity index (χ1) is 12.1. The lowest BCUT2D eigenvalue weighted by atomic mass is 9.94. The Morgan fingerprint density at radius 3 is 2.96 bits per heavy atom. The van der Waals surface area contributed by atoms with Crippen molar-refractivity contribution in [3.8, 4) is 0 Å². The van der Waals surface area contributed by atoms with Gasteiger partial charge in [0.25, 0.3) is 0 Å². The number of anilines is 1. The molecule has 1 aromatic heterocycles. The summed E-state index contributed by atoms with van der Waals surface area (Å²) in [5, 5.41) is 3.03. The van der Waals surface area contributed by atoms with Crippen LogP contribution in [0.5, 0.6) is 0 Å². The largest absolute Gasteiger partial charge is 0.338 e. The van der Waals surface area contributed by atoms with Crippen molar-refractivity contribution in [1.29, 1.82) is 0 Å². The normalized spacial score (nSPS) is 18.2. The van der Waals surface area contributed by atoms with Crippen LogP contribution in [0.4, 0.5) is 5.69 Å². The van der Waals surface area contributed by atoms with E-state index in [1.165, 1.54) is 12.8 Å². The summed E-state index contributed by atoms with van der Waals surface area (Å²) in [6, 6.07) is 7.91. The van der Waals surface area contributed by atoms with E-state index in [-0.39, 0.29) is 5.91 Å². The van der Waals surface area contributed by atoms with Gasteiger partial charge < -0.3 is 14.8 Å². The second kappa shape index (κ2) is 8.30. The number of likely N-dealkylation sites (tertiary alicyclic amines) is 1. The van der Waals surface area contributed by atoms with Gasteiger partial charge in [0.2, 0.25) is 5.91 Å². The third kappa shape index (κ3) is 4.92. The van der Waals surface area contributed by atoms with Gasteiger partial charge in [0.1, 0.15) is 5.82 Å². The Balaban J connectivity index is 1.45. The lowest BCUT2D eigenvalue weighted by Crippen LogP contribution is -2.38. The molecule has 1 amide bonds. The molecule has 2 aromatic rings. The van der Waals surface area contributed by atoms with E-state index in [2.05, 4.69) is 26.8 Å². The van der Waals surface area contributed by atoms with Crippen LogP contribution in [0, 0.1) is 12.8 Å². The van der Waals surface area contributed by atoms with Gasteiger partial charge in [-0.15, -0.1) is 0 Å². The number of nitrogens with zero attached hydrogens (tertiary/aromatic N) is 3. The first-order valence-electron chi connectivity index (χ1n) is 9.16. The van der Waals surface area contributed by atoms with Crippen molar-refractivity contribution in [3.63, 3.8) is 0 Å². The third-order valence-electron chi connectivity index (χ3n) is 5.07. The van der Waals surface area contributed by atoms with Crippen molar-refractivity contribution < 1.29 is 4.79 Å². The van der Waals surface area contributed by atoms with Gasteiger partial charge in [-0.05, 0) is 43.9 Å². The van der Waals surface area contributed by atoms with Gasteiger partial charge >= 0.3 is 0 Å². The Morgan fingerprint density at radius 1 is 1.36 bits per heavy atom. The molecule has 1 unspecified atom stereocenters. The number of nitrogens with one attached hydrogen (secondary N) is 1. The SMILES string of the molecule is Cc1ccccc1NC(=O)CCN1CCCC(Cc2nccn2C)C1. The fraction of sp³-hybridized carbons (Fsp3) is 0.500. The zero-order valence-electron chi connectivity index (χ0n) is 15.2. The second-order valence-electron chi connectivity index (χ2n) is 7.08. The second-order valence-corrected chi connectivity index (χ2v) is 7.08. The molecule has 1 saturated heterocycles. The molecule has 0 spiro atoms. The fourth-order valence-corrected chi connectivity index (χ4v) is 3.56. The van der Waals surface area contributed by atoms with Gasteiger partial charge in [0.15, 0.2) is 0 Å². The van der Waals surface area contributed by atoms with Crippen LogP contribution in [0.15, 0.2) is 36.7 Å². The number of hydrogen-bond acceptors (Lipinski definition) is 3. The number of aromatic nitrogens is 2. The van der Waals surface area contributed by atoms with E-state index in [0.29, 0.717) is 12.3 Å². The third-order valence-corrected chi connectivity index (χ3v) is 5.07. The summed E-state index contributed by atoms with van der Waals surface area (Å²) in [6.07, 6.45) is 7.89. The predicted octanol–water partition coefficient (Wildman–Crippen LogP) is 3.01. The summed E-state index contributed by atoms with van der Waals surface area (Å²) >= 11 is 0. The molecule has 25 heavy (non-hydrogen) atoms. The summed E-state index contributed by atoms with van der Waals surface area (Å²) in [6.45, 7) is 5.00. The average Bonchev–Trinajstić information content (AvgIpc) is 3.00. The van der Waals surface area contributed by atoms with Gasteiger partial charge in [0, 0.05) is 51.1 Å². The van der Waals surface area contributed by atoms with E-state index >= 15 is 0 Å². The van der Waals surface area contributed by atoms with E-state index in [4.69, 9.17) is 0 Å². The minimum absolute atomic E-state index is 0.0977. The van der Waals surface area contributed by atoms with Crippen LogP contribution in [-0.4, -0.2) is 40.0 Å². The molecule has 3 rings (SSSR count). The zero-order chi connectivity index (χ0) is 17.6. The number of para-hydroxylation sites is 1. The Kier molecular flexibility index (Phi) is 5.87. The molecule has 1 N–H and O–H groups in total. The Labute approximate surface area is 150 Å². The quantitative estimate of drug-likeness (QED) is 0.879. The summed E-state index contributed by atoms with van der Waals surface area (Å²) in [5.74, 6) is 1.89. The van der Waals surface area contributed by atoms with Crippen LogP contribution < -0.4 is 5.32 Å². The molecule has 1 fully saturated rings. The highest BCUT2D eigenvalue weighted by Gasteiger charge is 2.21. The van der Waals surface area contributed by atoms with Crippen molar-refractivity contribution in [2.75, 3.05) is 25.0 Å². The number of piperidine rings is 1. The first kappa shape index (κ1) is 17.7. The molecule has 1 aliphatic rings. The van der Waals surface area contributed by atoms with Crippen molar-refractivity contribution >= 4 is 11.6 Å². The monoisotopic (exact) mass is 340 g/mol. The van der Waals surface area contributed by atoms with Gasteiger partial charge in [-0.3, -0.25) is 4.79 Å². The Bertz CT molecular complexity index is 709. The van der Waals surface area contributed by atoms with Crippen LogP contribution in [0.3, 0.4) is 0 Å².